The van der Waals surface area contributed by atoms with Crippen LogP contribution in [0.3, 0.4) is 0 Å². The van der Waals surface area contributed by atoms with E-state index < -0.39 is 17.8 Å². The molecule has 6 heteroatoms. The van der Waals surface area contributed by atoms with Crippen molar-refractivity contribution in [1.82, 2.24) is 10.2 Å². The molecule has 0 aromatic rings. The number of hydrogen-bond donors (Lipinski definition) is 2. The first-order chi connectivity index (χ1) is 8.86. The van der Waals surface area contributed by atoms with E-state index in [1.54, 1.807) is 14.0 Å². The molecule has 0 bridgehead atoms. The molecular formula is C13H22N2O4. The van der Waals surface area contributed by atoms with Gasteiger partial charge in [-0.3, -0.25) is 14.4 Å². The molecule has 0 aromatic carbocycles. The molecule has 1 unspecified atom stereocenters. The van der Waals surface area contributed by atoms with Gasteiger partial charge in [0.2, 0.25) is 11.8 Å². The number of carboxylic acids is 1. The van der Waals surface area contributed by atoms with Crippen LogP contribution in [0, 0.1) is 17.8 Å². The number of likely N-dealkylation sites (N-methyl/N-ethyl adjacent to an activating group) is 2. The quantitative estimate of drug-likeness (QED) is 0.753. The molecule has 3 atom stereocenters. The monoisotopic (exact) mass is 270 g/mol. The van der Waals surface area contributed by atoms with Gasteiger partial charge in [0.15, 0.2) is 0 Å². The van der Waals surface area contributed by atoms with Gasteiger partial charge in [0.25, 0.3) is 0 Å². The lowest BCUT2D eigenvalue weighted by Gasteiger charge is -2.22. The van der Waals surface area contributed by atoms with Gasteiger partial charge in [0, 0.05) is 13.6 Å². The Labute approximate surface area is 113 Å². The first-order valence-corrected chi connectivity index (χ1v) is 6.61. The fraction of sp³-hybridized carbons (Fsp3) is 0.769. The van der Waals surface area contributed by atoms with Crippen molar-refractivity contribution < 1.29 is 19.5 Å². The molecule has 0 spiro atoms. The van der Waals surface area contributed by atoms with Crippen LogP contribution in [0.4, 0.5) is 0 Å². The smallest absolute Gasteiger partial charge is 0.307 e. The summed E-state index contributed by atoms with van der Waals surface area (Å²) in [5.74, 6) is -2.30. The predicted molar refractivity (Wildman–Crippen MR) is 69.3 cm³/mol. The minimum Gasteiger partial charge on any atom is -0.481 e. The Morgan fingerprint density at radius 2 is 1.84 bits per heavy atom. The maximum absolute atomic E-state index is 12.2. The number of aliphatic carboxylic acids is 1. The van der Waals surface area contributed by atoms with Gasteiger partial charge in [0.05, 0.1) is 18.4 Å². The van der Waals surface area contributed by atoms with Crippen molar-refractivity contribution in [2.75, 3.05) is 20.1 Å². The summed E-state index contributed by atoms with van der Waals surface area (Å²) >= 11 is 0. The highest BCUT2D eigenvalue weighted by Crippen LogP contribution is 2.37. The Bertz CT molecular complexity index is 370. The number of carbonyl (C=O) groups is 3. The van der Waals surface area contributed by atoms with Crippen molar-refractivity contribution in [2.24, 2.45) is 17.8 Å². The Morgan fingerprint density at radius 1 is 1.26 bits per heavy atom. The SMILES string of the molecule is CCNC(=O)CN(C)C(=O)[C@H]1CC(C)C[C@H]1C(=O)O. The third-order valence-corrected chi connectivity index (χ3v) is 3.56. The lowest BCUT2D eigenvalue weighted by molar-refractivity contribution is -0.149. The molecule has 1 aliphatic carbocycles. The van der Waals surface area contributed by atoms with Crippen molar-refractivity contribution in [3.63, 3.8) is 0 Å². The largest absolute Gasteiger partial charge is 0.481 e. The maximum atomic E-state index is 12.2. The second kappa shape index (κ2) is 6.54. The first-order valence-electron chi connectivity index (χ1n) is 6.61. The van der Waals surface area contributed by atoms with Crippen LogP contribution in [0.25, 0.3) is 0 Å². The number of carbonyl (C=O) groups excluding carboxylic acids is 2. The number of nitrogens with zero attached hydrogens (tertiary/aromatic N) is 1. The van der Waals surface area contributed by atoms with Crippen molar-refractivity contribution in [2.45, 2.75) is 26.7 Å². The highest BCUT2D eigenvalue weighted by molar-refractivity contribution is 5.88. The number of nitrogens with one attached hydrogen (secondary N) is 1. The fourth-order valence-corrected chi connectivity index (χ4v) is 2.67. The van der Waals surface area contributed by atoms with Crippen LogP contribution in [0.5, 0.6) is 0 Å². The zero-order valence-corrected chi connectivity index (χ0v) is 11.7. The third kappa shape index (κ3) is 3.94. The summed E-state index contributed by atoms with van der Waals surface area (Å²) in [6.07, 6.45) is 1.11. The van der Waals surface area contributed by atoms with Crippen molar-refractivity contribution in [1.29, 1.82) is 0 Å². The normalized spacial score (nSPS) is 25.9. The Balaban J connectivity index is 2.65. The van der Waals surface area contributed by atoms with Crippen LogP contribution in [0.1, 0.15) is 26.7 Å². The van der Waals surface area contributed by atoms with Crippen molar-refractivity contribution in [3.8, 4) is 0 Å². The van der Waals surface area contributed by atoms with Crippen LogP contribution >= 0.6 is 0 Å². The van der Waals surface area contributed by atoms with Gasteiger partial charge in [-0.05, 0) is 25.7 Å². The molecule has 2 amide bonds. The van der Waals surface area contributed by atoms with E-state index in [9.17, 15) is 14.4 Å². The van der Waals surface area contributed by atoms with Gasteiger partial charge in [-0.25, -0.2) is 0 Å². The Morgan fingerprint density at radius 3 is 2.37 bits per heavy atom. The molecule has 0 saturated heterocycles. The van der Waals surface area contributed by atoms with Crippen LogP contribution in [-0.4, -0.2) is 47.9 Å². The molecule has 0 aliphatic heterocycles. The minimum atomic E-state index is -0.922. The van der Waals surface area contributed by atoms with Gasteiger partial charge in [-0.1, -0.05) is 6.92 Å². The standard InChI is InChI=1S/C13H22N2O4/c1-4-14-11(16)7-15(3)12(17)9-5-8(2)6-10(9)13(18)19/h8-10H,4-7H2,1-3H3,(H,14,16)(H,18,19)/t8?,9-,10+/m0/s1. The summed E-state index contributed by atoms with van der Waals surface area (Å²) in [5.41, 5.74) is 0. The van der Waals surface area contributed by atoms with E-state index in [4.69, 9.17) is 5.11 Å². The predicted octanol–water partition coefficient (Wildman–Crippen LogP) is 0.328. The number of carboxylic acid groups (broad SMARTS) is 1. The molecule has 19 heavy (non-hydrogen) atoms. The average molecular weight is 270 g/mol. The highest BCUT2D eigenvalue weighted by Gasteiger charge is 2.42. The van der Waals surface area contributed by atoms with Crippen molar-refractivity contribution in [3.05, 3.63) is 0 Å². The molecular weight excluding hydrogens is 248 g/mol. The molecule has 108 valence electrons. The summed E-state index contributed by atoms with van der Waals surface area (Å²) in [5, 5.41) is 11.8. The van der Waals surface area contributed by atoms with E-state index in [1.807, 2.05) is 6.92 Å². The molecule has 1 saturated carbocycles. The lowest BCUT2D eigenvalue weighted by atomic mass is 9.95. The number of hydrogen-bond acceptors (Lipinski definition) is 3. The van der Waals surface area contributed by atoms with Crippen LogP contribution in [-0.2, 0) is 14.4 Å². The number of amides is 2. The molecule has 1 aliphatic rings. The molecule has 2 N–H and O–H groups in total. The topological polar surface area (TPSA) is 86.7 Å². The van der Waals surface area contributed by atoms with Gasteiger partial charge in [0.1, 0.15) is 0 Å². The van der Waals surface area contributed by atoms with Gasteiger partial charge < -0.3 is 15.3 Å². The van der Waals surface area contributed by atoms with Crippen LogP contribution in [0.2, 0.25) is 0 Å². The summed E-state index contributed by atoms with van der Waals surface area (Å²) in [4.78, 5) is 36.1. The van der Waals surface area contributed by atoms with Gasteiger partial charge >= 0.3 is 5.97 Å². The van der Waals surface area contributed by atoms with E-state index in [2.05, 4.69) is 5.32 Å². The third-order valence-electron chi connectivity index (χ3n) is 3.56. The second-order valence-electron chi connectivity index (χ2n) is 5.28. The van der Waals surface area contributed by atoms with E-state index in [0.717, 1.165) is 0 Å². The molecule has 6 nitrogen and oxygen atoms in total. The second-order valence-corrected chi connectivity index (χ2v) is 5.28. The Hall–Kier alpha value is -1.59. The molecule has 0 heterocycles. The zero-order chi connectivity index (χ0) is 14.6. The molecule has 1 fully saturated rings. The van der Waals surface area contributed by atoms with Gasteiger partial charge in [-0.2, -0.15) is 0 Å². The lowest BCUT2D eigenvalue weighted by Crippen LogP contribution is -2.42. The molecule has 0 radical (unpaired) electrons. The Kier molecular flexibility index (Phi) is 5.32. The number of rotatable bonds is 5. The summed E-state index contributed by atoms with van der Waals surface area (Å²) < 4.78 is 0. The molecule has 1 rings (SSSR count). The van der Waals surface area contributed by atoms with E-state index in [0.29, 0.717) is 19.4 Å². The van der Waals surface area contributed by atoms with E-state index in [1.165, 1.54) is 4.90 Å². The average Bonchev–Trinajstić information content (AvgIpc) is 2.70. The van der Waals surface area contributed by atoms with Gasteiger partial charge in [-0.15, -0.1) is 0 Å². The first kappa shape index (κ1) is 15.5. The van der Waals surface area contributed by atoms with Crippen molar-refractivity contribution >= 4 is 17.8 Å². The fourth-order valence-electron chi connectivity index (χ4n) is 2.67. The summed E-state index contributed by atoms with van der Waals surface area (Å²) in [7, 11) is 1.54. The van der Waals surface area contributed by atoms with Crippen LogP contribution < -0.4 is 5.32 Å². The van der Waals surface area contributed by atoms with Crippen LogP contribution in [0.15, 0.2) is 0 Å². The summed E-state index contributed by atoms with van der Waals surface area (Å²) in [6.45, 7) is 4.24. The van der Waals surface area contributed by atoms with E-state index in [-0.39, 0.29) is 24.3 Å². The zero-order valence-electron chi connectivity index (χ0n) is 11.7. The molecule has 0 aromatic heterocycles. The highest BCUT2D eigenvalue weighted by atomic mass is 16.4. The maximum Gasteiger partial charge on any atom is 0.307 e. The van der Waals surface area contributed by atoms with E-state index >= 15 is 0 Å². The summed E-state index contributed by atoms with van der Waals surface area (Å²) in [6, 6.07) is 0. The minimum absolute atomic E-state index is 0.0239.